The van der Waals surface area contributed by atoms with Gasteiger partial charge in [0.2, 0.25) is 11.8 Å². The lowest BCUT2D eigenvalue weighted by atomic mass is 10.0. The first-order valence-corrected chi connectivity index (χ1v) is 14.5. The zero-order valence-corrected chi connectivity index (χ0v) is 24.9. The van der Waals surface area contributed by atoms with Gasteiger partial charge < -0.3 is 25.3 Å². The number of H-pyrrole nitrogens is 1. The van der Waals surface area contributed by atoms with Gasteiger partial charge in [0.05, 0.1) is 12.9 Å². The van der Waals surface area contributed by atoms with Crippen LogP contribution in [0.2, 0.25) is 0 Å². The van der Waals surface area contributed by atoms with Crippen LogP contribution < -0.4 is 10.6 Å². The van der Waals surface area contributed by atoms with Crippen molar-refractivity contribution in [3.05, 3.63) is 124 Å². The topological polar surface area (TPSA) is 116 Å². The van der Waals surface area contributed by atoms with Crippen LogP contribution in [-0.2, 0) is 33.9 Å². The summed E-state index contributed by atoms with van der Waals surface area (Å²) in [6.45, 7) is 2.50. The molecule has 9 nitrogen and oxygen atoms in total. The van der Waals surface area contributed by atoms with E-state index in [2.05, 4.69) is 36.5 Å². The number of halogens is 1. The Kier molecular flexibility index (Phi) is 11.3. The Morgan fingerprint density at radius 3 is 2.31 bits per heavy atom. The molecular formula is C32H34BrN5O4. The van der Waals surface area contributed by atoms with E-state index in [0.717, 1.165) is 21.2 Å². The first-order chi connectivity index (χ1) is 20.4. The minimum atomic E-state index is -1.000. The van der Waals surface area contributed by atoms with Gasteiger partial charge in [-0.15, -0.1) is 0 Å². The molecule has 0 saturated carbocycles. The summed E-state index contributed by atoms with van der Waals surface area (Å²) in [5.41, 5.74) is 3.42. The molecule has 4 aromatic rings. The third kappa shape index (κ3) is 9.59. The molecule has 3 N–H and O–H groups in total. The number of nitrogens with one attached hydrogen (secondary N) is 3. The number of carbonyl (C=O) groups excluding carboxylic acids is 3. The average molecular weight is 633 g/mol. The van der Waals surface area contributed by atoms with E-state index in [4.69, 9.17) is 4.74 Å². The highest BCUT2D eigenvalue weighted by atomic mass is 79.9. The average Bonchev–Trinajstić information content (AvgIpc) is 3.53. The standard InChI is InChI=1S/C32H34BrN5O4/c1-23(26-10-6-3-7-11-26)17-35-30(39)20-38(19-24-12-14-27(33)15-13-24)31(40)29(16-28-18-34-22-36-28)37-32(41)42-21-25-8-4-2-5-9-25/h2-15,18,22-23,29H,16-17,19-21H2,1H3,(H,34,36)(H,35,39)(H,37,41). The highest BCUT2D eigenvalue weighted by molar-refractivity contribution is 9.10. The predicted octanol–water partition coefficient (Wildman–Crippen LogP) is 4.96. The normalized spacial score (nSPS) is 12.1. The molecule has 3 amide bonds. The van der Waals surface area contributed by atoms with Crippen molar-refractivity contribution >= 4 is 33.8 Å². The van der Waals surface area contributed by atoms with Gasteiger partial charge in [-0.25, -0.2) is 9.78 Å². The summed E-state index contributed by atoms with van der Waals surface area (Å²) in [5.74, 6) is -0.620. The number of hydrogen-bond acceptors (Lipinski definition) is 5. The summed E-state index contributed by atoms with van der Waals surface area (Å²) >= 11 is 3.43. The second kappa shape index (κ2) is 15.5. The fraction of sp³-hybridized carbons (Fsp3) is 0.250. The van der Waals surface area contributed by atoms with Gasteiger partial charge in [-0.3, -0.25) is 9.59 Å². The van der Waals surface area contributed by atoms with Gasteiger partial charge in [-0.1, -0.05) is 95.7 Å². The second-order valence-electron chi connectivity index (χ2n) is 9.98. The molecule has 0 spiro atoms. The molecule has 10 heteroatoms. The molecule has 2 unspecified atom stereocenters. The lowest BCUT2D eigenvalue weighted by molar-refractivity contribution is -0.138. The Morgan fingerprint density at radius 2 is 1.64 bits per heavy atom. The first kappa shape index (κ1) is 30.5. The predicted molar refractivity (Wildman–Crippen MR) is 163 cm³/mol. The number of amides is 3. The van der Waals surface area contributed by atoms with Crippen molar-refractivity contribution in [2.24, 2.45) is 0 Å². The summed E-state index contributed by atoms with van der Waals surface area (Å²) in [7, 11) is 0. The van der Waals surface area contributed by atoms with Gasteiger partial charge in [0.25, 0.3) is 0 Å². The zero-order chi connectivity index (χ0) is 29.7. The number of benzene rings is 3. The van der Waals surface area contributed by atoms with Crippen LogP contribution in [0.4, 0.5) is 4.79 Å². The van der Waals surface area contributed by atoms with Gasteiger partial charge in [0.1, 0.15) is 12.6 Å². The first-order valence-electron chi connectivity index (χ1n) is 13.7. The molecule has 0 bridgehead atoms. The Hall–Kier alpha value is -4.44. The van der Waals surface area contributed by atoms with E-state index >= 15 is 0 Å². The third-order valence-corrected chi connectivity index (χ3v) is 7.22. The van der Waals surface area contributed by atoms with Crippen molar-refractivity contribution in [2.75, 3.05) is 13.1 Å². The highest BCUT2D eigenvalue weighted by Crippen LogP contribution is 2.15. The van der Waals surface area contributed by atoms with E-state index in [-0.39, 0.29) is 37.9 Å². The monoisotopic (exact) mass is 631 g/mol. The van der Waals surface area contributed by atoms with Gasteiger partial charge in [0, 0.05) is 35.9 Å². The van der Waals surface area contributed by atoms with Crippen LogP contribution in [0.25, 0.3) is 0 Å². The van der Waals surface area contributed by atoms with Crippen molar-refractivity contribution in [2.45, 2.75) is 38.5 Å². The molecule has 0 radical (unpaired) electrons. The highest BCUT2D eigenvalue weighted by Gasteiger charge is 2.29. The fourth-order valence-electron chi connectivity index (χ4n) is 4.36. The zero-order valence-electron chi connectivity index (χ0n) is 23.3. The van der Waals surface area contributed by atoms with Crippen molar-refractivity contribution < 1.29 is 19.1 Å². The molecular weight excluding hydrogens is 598 g/mol. The molecule has 1 heterocycles. The van der Waals surface area contributed by atoms with E-state index in [9.17, 15) is 14.4 Å². The number of ether oxygens (including phenoxy) is 1. The lowest BCUT2D eigenvalue weighted by Gasteiger charge is -2.28. The molecule has 1 aromatic heterocycles. The summed E-state index contributed by atoms with van der Waals surface area (Å²) in [6, 6.07) is 25.7. The number of aromatic amines is 1. The smallest absolute Gasteiger partial charge is 0.408 e. The number of imidazole rings is 1. The Labute approximate surface area is 253 Å². The van der Waals surface area contributed by atoms with Crippen LogP contribution in [0.15, 0.2) is 102 Å². The van der Waals surface area contributed by atoms with E-state index in [1.165, 1.54) is 11.2 Å². The molecule has 0 aliphatic heterocycles. The minimum absolute atomic E-state index is 0.0578. The van der Waals surface area contributed by atoms with Gasteiger partial charge >= 0.3 is 6.09 Å². The van der Waals surface area contributed by atoms with Crippen LogP contribution in [-0.4, -0.2) is 51.9 Å². The van der Waals surface area contributed by atoms with Crippen LogP contribution in [0.5, 0.6) is 0 Å². The molecule has 42 heavy (non-hydrogen) atoms. The molecule has 0 aliphatic carbocycles. The van der Waals surface area contributed by atoms with E-state index in [0.29, 0.717) is 12.2 Å². The number of nitrogens with zero attached hydrogens (tertiary/aromatic N) is 2. The Balaban J connectivity index is 1.48. The summed E-state index contributed by atoms with van der Waals surface area (Å²) in [6.07, 6.45) is 2.50. The maximum absolute atomic E-state index is 14.0. The summed E-state index contributed by atoms with van der Waals surface area (Å²) < 4.78 is 6.30. The number of hydrogen-bond donors (Lipinski definition) is 3. The van der Waals surface area contributed by atoms with Gasteiger partial charge in [-0.2, -0.15) is 0 Å². The van der Waals surface area contributed by atoms with E-state index in [1.807, 2.05) is 91.9 Å². The van der Waals surface area contributed by atoms with Crippen LogP contribution in [0.1, 0.15) is 35.2 Å². The molecule has 218 valence electrons. The molecule has 2 atom stereocenters. The Morgan fingerprint density at radius 1 is 0.952 bits per heavy atom. The SMILES string of the molecule is CC(CNC(=O)CN(Cc1ccc(Br)cc1)C(=O)C(Cc1cnc[nH]1)NC(=O)OCc1ccccc1)c1ccccc1. The third-order valence-electron chi connectivity index (χ3n) is 6.69. The van der Waals surface area contributed by atoms with Crippen molar-refractivity contribution in [3.63, 3.8) is 0 Å². The van der Waals surface area contributed by atoms with Crippen LogP contribution in [0.3, 0.4) is 0 Å². The number of rotatable bonds is 13. The van der Waals surface area contributed by atoms with Crippen molar-refractivity contribution in [1.29, 1.82) is 0 Å². The largest absolute Gasteiger partial charge is 0.445 e. The van der Waals surface area contributed by atoms with Gasteiger partial charge in [-0.05, 0) is 34.7 Å². The van der Waals surface area contributed by atoms with Crippen LogP contribution >= 0.6 is 15.9 Å². The quantitative estimate of drug-likeness (QED) is 0.193. The Bertz CT molecular complexity index is 1420. The van der Waals surface area contributed by atoms with E-state index < -0.39 is 18.0 Å². The van der Waals surface area contributed by atoms with Crippen molar-refractivity contribution in [1.82, 2.24) is 25.5 Å². The second-order valence-corrected chi connectivity index (χ2v) is 10.9. The molecule has 4 rings (SSSR count). The number of carbonyl (C=O) groups is 3. The number of aromatic nitrogens is 2. The fourth-order valence-corrected chi connectivity index (χ4v) is 4.63. The maximum Gasteiger partial charge on any atom is 0.408 e. The lowest BCUT2D eigenvalue weighted by Crippen LogP contribution is -2.52. The molecule has 0 saturated heterocycles. The van der Waals surface area contributed by atoms with Crippen molar-refractivity contribution in [3.8, 4) is 0 Å². The summed E-state index contributed by atoms with van der Waals surface area (Å²) in [4.78, 5) is 48.4. The van der Waals surface area contributed by atoms with Crippen LogP contribution in [0, 0.1) is 0 Å². The number of alkyl carbamates (subject to hydrolysis) is 1. The molecule has 3 aromatic carbocycles. The minimum Gasteiger partial charge on any atom is -0.445 e. The van der Waals surface area contributed by atoms with Gasteiger partial charge in [0.15, 0.2) is 0 Å². The molecule has 0 fully saturated rings. The maximum atomic E-state index is 14.0. The molecule has 0 aliphatic rings. The van der Waals surface area contributed by atoms with E-state index in [1.54, 1.807) is 6.20 Å². The summed E-state index contributed by atoms with van der Waals surface area (Å²) in [5, 5.41) is 5.66.